The summed E-state index contributed by atoms with van der Waals surface area (Å²) in [6.07, 6.45) is 0. The highest BCUT2D eigenvalue weighted by Gasteiger charge is 2.14. The summed E-state index contributed by atoms with van der Waals surface area (Å²) in [6, 6.07) is 12.0. The van der Waals surface area contributed by atoms with Crippen molar-refractivity contribution in [2.24, 2.45) is 5.73 Å². The fourth-order valence-corrected chi connectivity index (χ4v) is 2.52. The van der Waals surface area contributed by atoms with E-state index in [-0.39, 0.29) is 6.04 Å². The fourth-order valence-electron chi connectivity index (χ4n) is 2.02. The Balaban J connectivity index is 2.42. The SMILES string of the molecule is COc1ccc(Br)c(C(N)c2ccc(C)c(C)c2)c1. The third kappa shape index (κ3) is 2.99. The van der Waals surface area contributed by atoms with Crippen molar-refractivity contribution < 1.29 is 4.74 Å². The van der Waals surface area contributed by atoms with E-state index in [1.807, 2.05) is 18.2 Å². The van der Waals surface area contributed by atoms with Gasteiger partial charge >= 0.3 is 0 Å². The van der Waals surface area contributed by atoms with E-state index in [9.17, 15) is 0 Å². The van der Waals surface area contributed by atoms with E-state index in [0.717, 1.165) is 21.3 Å². The van der Waals surface area contributed by atoms with Crippen LogP contribution in [0.5, 0.6) is 5.75 Å². The van der Waals surface area contributed by atoms with Crippen molar-refractivity contribution in [1.29, 1.82) is 0 Å². The van der Waals surface area contributed by atoms with Gasteiger partial charge in [0.05, 0.1) is 13.2 Å². The van der Waals surface area contributed by atoms with Gasteiger partial charge in [-0.3, -0.25) is 0 Å². The molecule has 0 aliphatic carbocycles. The van der Waals surface area contributed by atoms with Gasteiger partial charge < -0.3 is 10.5 Å². The van der Waals surface area contributed by atoms with E-state index in [4.69, 9.17) is 10.5 Å². The number of nitrogens with two attached hydrogens (primary N) is 1. The normalized spacial score (nSPS) is 12.3. The molecule has 0 radical (unpaired) electrons. The molecule has 3 heteroatoms. The third-order valence-corrected chi connectivity index (χ3v) is 4.15. The Morgan fingerprint density at radius 3 is 2.42 bits per heavy atom. The molecular weight excluding hydrogens is 302 g/mol. The highest BCUT2D eigenvalue weighted by Crippen LogP contribution is 2.30. The number of hydrogen-bond donors (Lipinski definition) is 1. The van der Waals surface area contributed by atoms with Crippen LogP contribution in [0.1, 0.15) is 28.3 Å². The topological polar surface area (TPSA) is 35.2 Å². The van der Waals surface area contributed by atoms with Crippen LogP contribution in [0, 0.1) is 13.8 Å². The zero-order chi connectivity index (χ0) is 14.0. The van der Waals surface area contributed by atoms with Crippen LogP contribution in [0.2, 0.25) is 0 Å². The molecule has 19 heavy (non-hydrogen) atoms. The molecule has 2 nitrogen and oxygen atoms in total. The first-order chi connectivity index (χ1) is 9.02. The zero-order valence-electron chi connectivity index (χ0n) is 11.4. The van der Waals surface area contributed by atoms with Gasteiger partial charge in [-0.1, -0.05) is 34.1 Å². The quantitative estimate of drug-likeness (QED) is 0.923. The van der Waals surface area contributed by atoms with Crippen molar-refractivity contribution in [3.63, 3.8) is 0 Å². The summed E-state index contributed by atoms with van der Waals surface area (Å²) in [7, 11) is 1.66. The van der Waals surface area contributed by atoms with E-state index >= 15 is 0 Å². The van der Waals surface area contributed by atoms with Crippen LogP contribution >= 0.6 is 15.9 Å². The van der Waals surface area contributed by atoms with Crippen molar-refractivity contribution in [1.82, 2.24) is 0 Å². The molecule has 2 rings (SSSR count). The van der Waals surface area contributed by atoms with Gasteiger partial charge in [0.1, 0.15) is 5.75 Å². The largest absolute Gasteiger partial charge is 0.497 e. The predicted octanol–water partition coefficient (Wildman–Crippen LogP) is 4.12. The van der Waals surface area contributed by atoms with Gasteiger partial charge in [-0.2, -0.15) is 0 Å². The second-order valence-electron chi connectivity index (χ2n) is 4.71. The van der Waals surface area contributed by atoms with Crippen LogP contribution in [0.4, 0.5) is 0 Å². The summed E-state index contributed by atoms with van der Waals surface area (Å²) in [4.78, 5) is 0. The minimum absolute atomic E-state index is 0.163. The van der Waals surface area contributed by atoms with Gasteiger partial charge in [-0.15, -0.1) is 0 Å². The minimum atomic E-state index is -0.163. The Kier molecular flexibility index (Phi) is 4.27. The summed E-state index contributed by atoms with van der Waals surface area (Å²) in [5.41, 5.74) is 11.0. The molecule has 2 aromatic carbocycles. The van der Waals surface area contributed by atoms with Gasteiger partial charge in [0.15, 0.2) is 0 Å². The number of halogens is 1. The number of aryl methyl sites for hydroxylation is 2. The highest BCUT2D eigenvalue weighted by molar-refractivity contribution is 9.10. The lowest BCUT2D eigenvalue weighted by atomic mass is 9.96. The van der Waals surface area contributed by atoms with Gasteiger partial charge in [-0.25, -0.2) is 0 Å². The van der Waals surface area contributed by atoms with Crippen LogP contribution in [-0.2, 0) is 0 Å². The zero-order valence-corrected chi connectivity index (χ0v) is 13.0. The molecule has 0 bridgehead atoms. The average molecular weight is 320 g/mol. The van der Waals surface area contributed by atoms with E-state index in [1.54, 1.807) is 7.11 Å². The monoisotopic (exact) mass is 319 g/mol. The molecule has 2 aromatic rings. The van der Waals surface area contributed by atoms with Crippen molar-refractivity contribution in [2.75, 3.05) is 7.11 Å². The summed E-state index contributed by atoms with van der Waals surface area (Å²) >= 11 is 3.55. The lowest BCUT2D eigenvalue weighted by molar-refractivity contribution is 0.414. The first-order valence-electron chi connectivity index (χ1n) is 6.19. The molecule has 0 saturated carbocycles. The minimum Gasteiger partial charge on any atom is -0.497 e. The Morgan fingerprint density at radius 2 is 1.79 bits per heavy atom. The molecule has 100 valence electrons. The molecule has 2 N–H and O–H groups in total. The lowest BCUT2D eigenvalue weighted by Gasteiger charge is -2.16. The summed E-state index contributed by atoms with van der Waals surface area (Å²) in [5.74, 6) is 0.817. The molecule has 0 heterocycles. The van der Waals surface area contributed by atoms with E-state index in [1.165, 1.54) is 11.1 Å². The molecule has 1 unspecified atom stereocenters. The Bertz CT molecular complexity index is 595. The van der Waals surface area contributed by atoms with Gasteiger partial charge in [-0.05, 0) is 54.3 Å². The maximum absolute atomic E-state index is 6.37. The summed E-state index contributed by atoms with van der Waals surface area (Å²) in [5, 5.41) is 0. The van der Waals surface area contributed by atoms with Crippen molar-refractivity contribution in [3.05, 3.63) is 63.1 Å². The highest BCUT2D eigenvalue weighted by atomic mass is 79.9. The second-order valence-corrected chi connectivity index (χ2v) is 5.56. The fraction of sp³-hybridized carbons (Fsp3) is 0.250. The van der Waals surface area contributed by atoms with Crippen molar-refractivity contribution in [2.45, 2.75) is 19.9 Å². The third-order valence-electron chi connectivity index (χ3n) is 3.43. The van der Waals surface area contributed by atoms with Gasteiger partial charge in [0, 0.05) is 4.47 Å². The first kappa shape index (κ1) is 14.1. The van der Waals surface area contributed by atoms with Gasteiger partial charge in [0.25, 0.3) is 0 Å². The Hall–Kier alpha value is -1.32. The number of methoxy groups -OCH3 is 1. The molecule has 0 fully saturated rings. The molecule has 1 atom stereocenters. The maximum Gasteiger partial charge on any atom is 0.119 e. The van der Waals surface area contributed by atoms with Crippen molar-refractivity contribution >= 4 is 15.9 Å². The molecule has 0 aromatic heterocycles. The molecular formula is C16H18BrNO. The Morgan fingerprint density at radius 1 is 1.05 bits per heavy atom. The number of rotatable bonds is 3. The van der Waals surface area contributed by atoms with E-state index in [0.29, 0.717) is 0 Å². The lowest BCUT2D eigenvalue weighted by Crippen LogP contribution is -2.13. The average Bonchev–Trinajstić information content (AvgIpc) is 2.41. The van der Waals surface area contributed by atoms with Crippen LogP contribution in [0.15, 0.2) is 40.9 Å². The maximum atomic E-state index is 6.37. The van der Waals surface area contributed by atoms with Crippen LogP contribution in [0.25, 0.3) is 0 Å². The van der Waals surface area contributed by atoms with Crippen molar-refractivity contribution in [3.8, 4) is 5.75 Å². The standard InChI is InChI=1S/C16H18BrNO/c1-10-4-5-12(8-11(10)2)16(18)14-9-13(19-3)6-7-15(14)17/h4-9,16H,18H2,1-3H3. The molecule has 0 spiro atoms. The molecule has 0 aliphatic rings. The number of ether oxygens (including phenoxy) is 1. The molecule has 0 amide bonds. The van der Waals surface area contributed by atoms with Gasteiger partial charge in [0.2, 0.25) is 0 Å². The predicted molar refractivity (Wildman–Crippen MR) is 82.6 cm³/mol. The molecule has 0 saturated heterocycles. The smallest absolute Gasteiger partial charge is 0.119 e. The van der Waals surface area contributed by atoms with Crippen LogP contribution < -0.4 is 10.5 Å². The number of benzene rings is 2. The van der Waals surface area contributed by atoms with E-state index in [2.05, 4.69) is 48.0 Å². The van der Waals surface area contributed by atoms with Crippen LogP contribution in [-0.4, -0.2) is 7.11 Å². The summed E-state index contributed by atoms with van der Waals surface area (Å²) < 4.78 is 6.26. The van der Waals surface area contributed by atoms with Crippen LogP contribution in [0.3, 0.4) is 0 Å². The van der Waals surface area contributed by atoms with E-state index < -0.39 is 0 Å². The first-order valence-corrected chi connectivity index (χ1v) is 6.98. The Labute approximate surface area is 122 Å². The molecule has 0 aliphatic heterocycles. The number of hydrogen-bond acceptors (Lipinski definition) is 2. The second kappa shape index (κ2) is 5.76. The summed E-state index contributed by atoms with van der Waals surface area (Å²) in [6.45, 7) is 4.21.